The van der Waals surface area contributed by atoms with E-state index in [-0.39, 0.29) is 5.82 Å². The molecule has 240 valence electrons. The minimum atomic E-state index is -1.25. The van der Waals surface area contributed by atoms with Crippen molar-refractivity contribution in [3.63, 3.8) is 0 Å². The summed E-state index contributed by atoms with van der Waals surface area (Å²) < 4.78 is 24.4. The number of imidazole rings is 1. The number of nitrogens with zero attached hydrogens (tertiary/aromatic N) is 4. The lowest BCUT2D eigenvalue weighted by Crippen LogP contribution is -2.37. The Hall–Kier alpha value is -5.11. The molecule has 7 aromatic rings. The van der Waals surface area contributed by atoms with Gasteiger partial charge in [0.15, 0.2) is 0 Å². The van der Waals surface area contributed by atoms with Crippen LogP contribution in [0.25, 0.3) is 33.4 Å². The van der Waals surface area contributed by atoms with Crippen LogP contribution in [0.5, 0.6) is 0 Å². The maximum absolute atomic E-state index is 14.1. The molecular weight excluding hydrogens is 612 g/mol. The highest BCUT2D eigenvalue weighted by atomic mass is 28.3. The highest BCUT2D eigenvalue weighted by Crippen LogP contribution is 2.43. The van der Waals surface area contributed by atoms with E-state index in [1.54, 1.807) is 0 Å². The van der Waals surface area contributed by atoms with E-state index in [0.29, 0.717) is 13.3 Å². The highest BCUT2D eigenvalue weighted by molar-refractivity contribution is 6.76. The van der Waals surface area contributed by atoms with Crippen LogP contribution in [-0.4, -0.2) is 34.0 Å². The smallest absolute Gasteiger partial charge is 0.140 e. The monoisotopic (exact) mass is 650 g/mol. The molecule has 0 fully saturated rings. The lowest BCUT2D eigenvalue weighted by atomic mass is 9.76. The zero-order valence-electron chi connectivity index (χ0n) is 27.6. The van der Waals surface area contributed by atoms with Gasteiger partial charge in [0.25, 0.3) is 0 Å². The molecule has 2 heterocycles. The molecule has 0 aliphatic carbocycles. The van der Waals surface area contributed by atoms with Crippen molar-refractivity contribution in [2.24, 2.45) is 0 Å². The van der Waals surface area contributed by atoms with Crippen LogP contribution < -0.4 is 0 Å². The topological polar surface area (TPSA) is 44.9 Å². The standard InChI is InChI=1S/C41H39FN4OSi/c1-48(2,3)26-25-47-30-46-40(31-19-22-36(42)23-20-31)37(28-44-46)32-21-24-38-39(27-32)45(29-43-38)41(33-13-7-4-8-14-33,34-15-9-5-10-16-34)35-17-11-6-12-18-35/h4-24,27-29H,25-26,30H2,1-3H3. The molecule has 48 heavy (non-hydrogen) atoms. The molecule has 0 atom stereocenters. The lowest BCUT2D eigenvalue weighted by molar-refractivity contribution is 0.0798. The Kier molecular flexibility index (Phi) is 8.65. The van der Waals surface area contributed by atoms with Crippen LogP contribution >= 0.6 is 0 Å². The number of hydrogen-bond acceptors (Lipinski definition) is 3. The van der Waals surface area contributed by atoms with Crippen LogP contribution in [0.3, 0.4) is 0 Å². The first-order chi connectivity index (χ1) is 23.3. The average Bonchev–Trinajstić information content (AvgIpc) is 3.73. The van der Waals surface area contributed by atoms with E-state index in [1.807, 2.05) is 29.3 Å². The van der Waals surface area contributed by atoms with Crippen molar-refractivity contribution in [1.82, 2.24) is 19.3 Å². The molecule has 0 N–H and O–H groups in total. The predicted molar refractivity (Wildman–Crippen MR) is 195 cm³/mol. The number of hydrogen-bond donors (Lipinski definition) is 0. The zero-order valence-corrected chi connectivity index (χ0v) is 28.6. The van der Waals surface area contributed by atoms with Gasteiger partial charge in [-0.2, -0.15) is 5.10 Å². The summed E-state index contributed by atoms with van der Waals surface area (Å²) in [6.07, 6.45) is 3.85. The molecule has 0 amide bonds. The first kappa shape index (κ1) is 31.5. The molecule has 7 heteroatoms. The molecule has 0 aliphatic rings. The number of rotatable bonds is 11. The van der Waals surface area contributed by atoms with Gasteiger partial charge in [0.05, 0.1) is 29.3 Å². The van der Waals surface area contributed by atoms with E-state index in [0.717, 1.165) is 56.2 Å². The Morgan fingerprint density at radius 1 is 0.708 bits per heavy atom. The van der Waals surface area contributed by atoms with Crippen molar-refractivity contribution in [2.75, 3.05) is 6.61 Å². The number of aromatic nitrogens is 4. The van der Waals surface area contributed by atoms with Crippen molar-refractivity contribution in [3.8, 4) is 22.4 Å². The fourth-order valence-corrected chi connectivity index (χ4v) is 7.29. The SMILES string of the molecule is C[Si](C)(C)CCOCn1ncc(-c2ccc3ncn(C(c4ccccc4)(c4ccccc4)c4ccccc4)c3c2)c1-c1ccc(F)cc1. The van der Waals surface area contributed by atoms with E-state index in [2.05, 4.69) is 133 Å². The molecule has 0 saturated heterocycles. The van der Waals surface area contributed by atoms with E-state index in [9.17, 15) is 4.39 Å². The molecule has 5 nitrogen and oxygen atoms in total. The van der Waals surface area contributed by atoms with Crippen LogP contribution in [0.1, 0.15) is 16.7 Å². The van der Waals surface area contributed by atoms with Crippen molar-refractivity contribution in [3.05, 3.63) is 168 Å². The average molecular weight is 651 g/mol. The summed E-state index contributed by atoms with van der Waals surface area (Å²) in [6.45, 7) is 8.02. The Balaban J connectivity index is 1.42. The van der Waals surface area contributed by atoms with Gasteiger partial charge in [0, 0.05) is 25.8 Å². The van der Waals surface area contributed by atoms with Crippen LogP contribution in [0.4, 0.5) is 4.39 Å². The summed E-state index contributed by atoms with van der Waals surface area (Å²) >= 11 is 0. The van der Waals surface area contributed by atoms with Gasteiger partial charge in [-0.1, -0.05) is 117 Å². The van der Waals surface area contributed by atoms with Crippen molar-refractivity contribution < 1.29 is 9.13 Å². The minimum absolute atomic E-state index is 0.276. The molecule has 0 radical (unpaired) electrons. The molecular formula is C41H39FN4OSi. The Labute approximate surface area is 282 Å². The van der Waals surface area contributed by atoms with Gasteiger partial charge in [0.1, 0.15) is 18.1 Å². The fourth-order valence-electron chi connectivity index (χ4n) is 6.53. The molecule has 0 saturated carbocycles. The number of ether oxygens (including phenoxy) is 1. The van der Waals surface area contributed by atoms with Gasteiger partial charge >= 0.3 is 0 Å². The molecule has 0 spiro atoms. The summed E-state index contributed by atoms with van der Waals surface area (Å²) in [5, 5.41) is 4.79. The fraction of sp³-hybridized carbons (Fsp3) is 0.171. The van der Waals surface area contributed by atoms with Crippen LogP contribution in [-0.2, 0) is 17.0 Å². The minimum Gasteiger partial charge on any atom is -0.360 e. The molecule has 0 bridgehead atoms. The third kappa shape index (κ3) is 6.03. The second-order valence-corrected chi connectivity index (χ2v) is 19.0. The van der Waals surface area contributed by atoms with Gasteiger partial charge in [-0.05, 0) is 64.7 Å². The number of benzene rings is 5. The van der Waals surface area contributed by atoms with Crippen LogP contribution in [0.2, 0.25) is 25.7 Å². The first-order valence-corrected chi connectivity index (χ1v) is 20.1. The Morgan fingerprint density at radius 3 is 1.83 bits per heavy atom. The normalized spacial score (nSPS) is 12.1. The van der Waals surface area contributed by atoms with Crippen molar-refractivity contribution in [2.45, 2.75) is 38.0 Å². The zero-order chi connectivity index (χ0) is 33.1. The highest BCUT2D eigenvalue weighted by Gasteiger charge is 2.39. The Morgan fingerprint density at radius 2 is 1.27 bits per heavy atom. The first-order valence-electron chi connectivity index (χ1n) is 16.4. The summed E-state index contributed by atoms with van der Waals surface area (Å²) in [4.78, 5) is 4.94. The van der Waals surface area contributed by atoms with Crippen molar-refractivity contribution in [1.29, 1.82) is 0 Å². The van der Waals surface area contributed by atoms with E-state index in [4.69, 9.17) is 14.8 Å². The molecule has 5 aromatic carbocycles. The summed E-state index contributed by atoms with van der Waals surface area (Å²) in [6, 6.07) is 45.9. The third-order valence-corrected chi connectivity index (χ3v) is 10.7. The summed E-state index contributed by atoms with van der Waals surface area (Å²) in [5.74, 6) is -0.276. The van der Waals surface area contributed by atoms with E-state index in [1.165, 1.54) is 12.1 Å². The number of fused-ring (bicyclic) bond motifs is 1. The van der Waals surface area contributed by atoms with Gasteiger partial charge in [-0.15, -0.1) is 0 Å². The molecule has 0 unspecified atom stereocenters. The van der Waals surface area contributed by atoms with Crippen molar-refractivity contribution >= 4 is 19.1 Å². The maximum atomic E-state index is 14.1. The summed E-state index contributed by atoms with van der Waals surface area (Å²) in [7, 11) is -1.25. The molecule has 2 aromatic heterocycles. The van der Waals surface area contributed by atoms with Crippen LogP contribution in [0.15, 0.2) is 146 Å². The van der Waals surface area contributed by atoms with E-state index < -0.39 is 13.6 Å². The Bertz CT molecular complexity index is 2020. The molecule has 7 rings (SSSR count). The van der Waals surface area contributed by atoms with Gasteiger partial charge in [0.2, 0.25) is 0 Å². The second-order valence-electron chi connectivity index (χ2n) is 13.4. The molecule has 0 aliphatic heterocycles. The second kappa shape index (κ2) is 13.2. The third-order valence-electron chi connectivity index (χ3n) is 8.96. The predicted octanol–water partition coefficient (Wildman–Crippen LogP) is 9.86. The lowest BCUT2D eigenvalue weighted by Gasteiger charge is -2.38. The van der Waals surface area contributed by atoms with Gasteiger partial charge in [-0.3, -0.25) is 0 Å². The number of halogens is 1. The van der Waals surface area contributed by atoms with Crippen LogP contribution in [0, 0.1) is 5.82 Å². The van der Waals surface area contributed by atoms with E-state index >= 15 is 0 Å². The largest absolute Gasteiger partial charge is 0.360 e. The quantitative estimate of drug-likeness (QED) is 0.0795. The summed E-state index contributed by atoms with van der Waals surface area (Å²) in [5.41, 5.74) is 8.23. The maximum Gasteiger partial charge on any atom is 0.140 e. The van der Waals surface area contributed by atoms with Gasteiger partial charge in [-0.25, -0.2) is 14.1 Å². The van der Waals surface area contributed by atoms with Gasteiger partial charge < -0.3 is 9.30 Å².